The first-order valence-electron chi connectivity index (χ1n) is 7.00. The number of anilines is 1. The molecule has 1 aromatic rings. The van der Waals surface area contributed by atoms with Gasteiger partial charge in [-0.1, -0.05) is 17.7 Å². The van der Waals surface area contributed by atoms with Crippen LogP contribution in [0.3, 0.4) is 0 Å². The molecular formula is C15H23ClN2O2. The third kappa shape index (κ3) is 4.09. The van der Waals surface area contributed by atoms with E-state index in [1.165, 1.54) is 5.69 Å². The Labute approximate surface area is 126 Å². The number of nitrogens with zero attached hydrogens (tertiary/aromatic N) is 1. The summed E-state index contributed by atoms with van der Waals surface area (Å²) in [5, 5.41) is 4.12. The first-order chi connectivity index (χ1) is 9.74. The van der Waals surface area contributed by atoms with Gasteiger partial charge in [-0.05, 0) is 24.1 Å². The number of nitrogens with one attached hydrogen (secondary N) is 1. The van der Waals surface area contributed by atoms with Crippen molar-refractivity contribution in [3.05, 3.63) is 28.8 Å². The zero-order valence-electron chi connectivity index (χ0n) is 12.2. The Balaban J connectivity index is 1.92. The lowest BCUT2D eigenvalue weighted by Crippen LogP contribution is -2.22. The zero-order chi connectivity index (χ0) is 14.4. The van der Waals surface area contributed by atoms with Crippen molar-refractivity contribution in [3.63, 3.8) is 0 Å². The van der Waals surface area contributed by atoms with E-state index < -0.39 is 0 Å². The van der Waals surface area contributed by atoms with Gasteiger partial charge in [-0.25, -0.2) is 0 Å². The zero-order valence-corrected chi connectivity index (χ0v) is 12.9. The topological polar surface area (TPSA) is 33.7 Å². The van der Waals surface area contributed by atoms with Crippen LogP contribution in [0.2, 0.25) is 5.02 Å². The molecule has 1 N–H and O–H groups in total. The highest BCUT2D eigenvalue weighted by molar-refractivity contribution is 6.31. The fraction of sp³-hybridized carbons (Fsp3) is 0.600. The highest BCUT2D eigenvalue weighted by atomic mass is 35.5. The van der Waals surface area contributed by atoms with Crippen LogP contribution in [-0.2, 0) is 16.0 Å². The van der Waals surface area contributed by atoms with E-state index in [4.69, 9.17) is 21.1 Å². The third-order valence-corrected chi connectivity index (χ3v) is 4.03. The maximum absolute atomic E-state index is 6.36. The number of hydrogen-bond donors (Lipinski definition) is 1. The molecule has 0 radical (unpaired) electrons. The second-order valence-corrected chi connectivity index (χ2v) is 5.44. The summed E-state index contributed by atoms with van der Waals surface area (Å²) >= 11 is 6.36. The van der Waals surface area contributed by atoms with Crippen LogP contribution in [0.4, 0.5) is 5.69 Å². The van der Waals surface area contributed by atoms with Gasteiger partial charge in [0.1, 0.15) is 0 Å². The standard InChI is InChI=1S/C15H23ClN2O2/c1-19-8-6-17-10-12-3-4-13(9-15(12)16)18-7-5-14(11-18)20-2/h3-4,9,14,17H,5-8,10-11H2,1-2H3. The second kappa shape index (κ2) is 7.84. The molecule has 1 aliphatic heterocycles. The van der Waals surface area contributed by atoms with Gasteiger partial charge in [0.05, 0.1) is 12.7 Å². The van der Waals surface area contributed by atoms with Crippen LogP contribution in [0, 0.1) is 0 Å². The molecule has 5 heteroatoms. The quantitative estimate of drug-likeness (QED) is 0.783. The van der Waals surface area contributed by atoms with Crippen molar-refractivity contribution in [2.24, 2.45) is 0 Å². The van der Waals surface area contributed by atoms with Crippen LogP contribution < -0.4 is 10.2 Å². The summed E-state index contributed by atoms with van der Waals surface area (Å²) in [5.74, 6) is 0. The molecular weight excluding hydrogens is 276 g/mol. The average molecular weight is 299 g/mol. The molecule has 2 rings (SSSR count). The number of methoxy groups -OCH3 is 2. The van der Waals surface area contributed by atoms with Gasteiger partial charge < -0.3 is 19.7 Å². The minimum absolute atomic E-state index is 0.337. The van der Waals surface area contributed by atoms with Crippen molar-refractivity contribution in [2.75, 3.05) is 45.4 Å². The van der Waals surface area contributed by atoms with Crippen molar-refractivity contribution >= 4 is 17.3 Å². The lowest BCUT2D eigenvalue weighted by Gasteiger charge is -2.19. The Hall–Kier alpha value is -0.810. The van der Waals surface area contributed by atoms with Crippen LogP contribution in [-0.4, -0.2) is 46.6 Å². The SMILES string of the molecule is COCCNCc1ccc(N2CCC(OC)C2)cc1Cl. The molecule has 1 aliphatic rings. The number of rotatable bonds is 7. The summed E-state index contributed by atoms with van der Waals surface area (Å²) in [6.45, 7) is 4.28. The smallest absolute Gasteiger partial charge is 0.0762 e. The lowest BCUT2D eigenvalue weighted by molar-refractivity contribution is 0.121. The highest BCUT2D eigenvalue weighted by Gasteiger charge is 2.22. The first-order valence-corrected chi connectivity index (χ1v) is 7.38. The fourth-order valence-corrected chi connectivity index (χ4v) is 2.67. The largest absolute Gasteiger partial charge is 0.383 e. The van der Waals surface area contributed by atoms with Crippen molar-refractivity contribution in [2.45, 2.75) is 19.1 Å². The minimum Gasteiger partial charge on any atom is -0.383 e. The summed E-state index contributed by atoms with van der Waals surface area (Å²) < 4.78 is 10.4. The predicted molar refractivity (Wildman–Crippen MR) is 82.7 cm³/mol. The lowest BCUT2D eigenvalue weighted by atomic mass is 10.2. The number of hydrogen-bond acceptors (Lipinski definition) is 4. The summed E-state index contributed by atoms with van der Waals surface area (Å²) in [6.07, 6.45) is 1.42. The van der Waals surface area contributed by atoms with Gasteiger partial charge in [0.25, 0.3) is 0 Å². The van der Waals surface area contributed by atoms with E-state index in [2.05, 4.69) is 22.3 Å². The highest BCUT2D eigenvalue weighted by Crippen LogP contribution is 2.27. The van der Waals surface area contributed by atoms with E-state index >= 15 is 0 Å². The normalized spacial score (nSPS) is 18.8. The molecule has 0 bridgehead atoms. The molecule has 0 aliphatic carbocycles. The molecule has 0 amide bonds. The predicted octanol–water partition coefficient (Wildman–Crippen LogP) is 2.30. The van der Waals surface area contributed by atoms with E-state index in [1.807, 2.05) is 6.07 Å². The van der Waals surface area contributed by atoms with E-state index in [9.17, 15) is 0 Å². The van der Waals surface area contributed by atoms with Crippen LogP contribution in [0.1, 0.15) is 12.0 Å². The molecule has 1 atom stereocenters. The summed E-state index contributed by atoms with van der Waals surface area (Å²) in [4.78, 5) is 2.32. The first kappa shape index (κ1) is 15.6. The van der Waals surface area contributed by atoms with E-state index in [-0.39, 0.29) is 0 Å². The average Bonchev–Trinajstić information content (AvgIpc) is 2.94. The molecule has 1 aromatic carbocycles. The minimum atomic E-state index is 0.337. The third-order valence-electron chi connectivity index (χ3n) is 3.68. The molecule has 0 aromatic heterocycles. The van der Waals surface area contributed by atoms with Crippen LogP contribution in [0.25, 0.3) is 0 Å². The fourth-order valence-electron chi connectivity index (χ4n) is 2.43. The number of benzene rings is 1. The van der Waals surface area contributed by atoms with Gasteiger partial charge in [-0.15, -0.1) is 0 Å². The molecule has 4 nitrogen and oxygen atoms in total. The Morgan fingerprint density at radius 3 is 2.90 bits per heavy atom. The summed E-state index contributed by atoms with van der Waals surface area (Å²) in [7, 11) is 3.47. The van der Waals surface area contributed by atoms with Gasteiger partial charge in [0.15, 0.2) is 0 Å². The van der Waals surface area contributed by atoms with Crippen molar-refractivity contribution < 1.29 is 9.47 Å². The van der Waals surface area contributed by atoms with E-state index in [0.29, 0.717) is 12.7 Å². The van der Waals surface area contributed by atoms with Crippen molar-refractivity contribution in [1.29, 1.82) is 0 Å². The molecule has 1 heterocycles. The number of ether oxygens (including phenoxy) is 2. The maximum atomic E-state index is 6.36. The van der Waals surface area contributed by atoms with Gasteiger partial charge in [-0.2, -0.15) is 0 Å². The monoisotopic (exact) mass is 298 g/mol. The van der Waals surface area contributed by atoms with Crippen LogP contribution in [0.15, 0.2) is 18.2 Å². The van der Waals surface area contributed by atoms with Gasteiger partial charge in [0.2, 0.25) is 0 Å². The molecule has 112 valence electrons. The van der Waals surface area contributed by atoms with Crippen molar-refractivity contribution in [1.82, 2.24) is 5.32 Å². The van der Waals surface area contributed by atoms with E-state index in [1.54, 1.807) is 14.2 Å². The Kier molecular flexibility index (Phi) is 6.10. The summed E-state index contributed by atoms with van der Waals surface area (Å²) in [5.41, 5.74) is 2.30. The molecule has 20 heavy (non-hydrogen) atoms. The maximum Gasteiger partial charge on any atom is 0.0762 e. The Morgan fingerprint density at radius 1 is 1.40 bits per heavy atom. The van der Waals surface area contributed by atoms with Crippen LogP contribution in [0.5, 0.6) is 0 Å². The Morgan fingerprint density at radius 2 is 2.25 bits per heavy atom. The van der Waals surface area contributed by atoms with Crippen LogP contribution >= 0.6 is 11.6 Å². The second-order valence-electron chi connectivity index (χ2n) is 5.04. The van der Waals surface area contributed by atoms with Gasteiger partial charge in [-0.3, -0.25) is 0 Å². The van der Waals surface area contributed by atoms with Gasteiger partial charge in [0, 0.05) is 51.1 Å². The molecule has 0 saturated carbocycles. The van der Waals surface area contributed by atoms with Crippen molar-refractivity contribution in [3.8, 4) is 0 Å². The molecule has 1 unspecified atom stereocenters. The Bertz CT molecular complexity index is 428. The molecule has 1 saturated heterocycles. The summed E-state index contributed by atoms with van der Waals surface area (Å²) in [6, 6.07) is 6.28. The molecule has 1 fully saturated rings. The van der Waals surface area contributed by atoms with E-state index in [0.717, 1.165) is 43.2 Å². The number of halogens is 1. The van der Waals surface area contributed by atoms with Gasteiger partial charge >= 0.3 is 0 Å². The molecule has 0 spiro atoms.